The topological polar surface area (TPSA) is 21.3 Å². The monoisotopic (exact) mass is 293 g/mol. The molecule has 1 aliphatic heterocycles. The summed E-state index contributed by atoms with van der Waals surface area (Å²) in [5.74, 6) is -5.10. The summed E-state index contributed by atoms with van der Waals surface area (Å²) in [4.78, 5) is 4.92. The van der Waals surface area contributed by atoms with Crippen molar-refractivity contribution in [2.45, 2.75) is 36.8 Å². The number of hydrogen-bond acceptors (Lipinski definition) is 2. The van der Waals surface area contributed by atoms with Gasteiger partial charge in [-0.05, 0) is 6.07 Å². The molecule has 2 nitrogen and oxygen atoms in total. The van der Waals surface area contributed by atoms with Crippen molar-refractivity contribution in [3.05, 3.63) is 35.6 Å². The Morgan fingerprint density at radius 2 is 1.90 bits per heavy atom. The Bertz CT molecular complexity index is 523. The SMILES string of the molecule is Fc1ccccc1[C@@]1(C(F)F)NO[C@@H]2CC(F)(F)C[C@@H]21. The lowest BCUT2D eigenvalue weighted by molar-refractivity contribution is -0.0824. The number of nitrogens with one attached hydrogen (secondary N) is 1. The number of hydrogen-bond donors (Lipinski definition) is 1. The van der Waals surface area contributed by atoms with Crippen molar-refractivity contribution < 1.29 is 26.8 Å². The van der Waals surface area contributed by atoms with E-state index in [4.69, 9.17) is 4.84 Å². The molecule has 0 amide bonds. The Labute approximate surface area is 111 Å². The predicted molar refractivity (Wildman–Crippen MR) is 59.8 cm³/mol. The van der Waals surface area contributed by atoms with Crippen LogP contribution in [0.3, 0.4) is 0 Å². The molecule has 0 bridgehead atoms. The molecule has 1 aromatic rings. The summed E-state index contributed by atoms with van der Waals surface area (Å²) in [5, 5.41) is 0. The van der Waals surface area contributed by atoms with Gasteiger partial charge in [-0.15, -0.1) is 0 Å². The van der Waals surface area contributed by atoms with Crippen molar-refractivity contribution in [2.75, 3.05) is 0 Å². The maximum atomic E-state index is 13.9. The van der Waals surface area contributed by atoms with Gasteiger partial charge in [-0.1, -0.05) is 18.2 Å². The molecule has 0 radical (unpaired) electrons. The highest BCUT2D eigenvalue weighted by Crippen LogP contribution is 2.54. The lowest BCUT2D eigenvalue weighted by atomic mass is 9.77. The summed E-state index contributed by atoms with van der Waals surface area (Å²) < 4.78 is 68.0. The minimum Gasteiger partial charge on any atom is -0.297 e. The van der Waals surface area contributed by atoms with Gasteiger partial charge in [0.2, 0.25) is 0 Å². The zero-order valence-corrected chi connectivity index (χ0v) is 10.3. The molecule has 2 fully saturated rings. The quantitative estimate of drug-likeness (QED) is 0.845. The van der Waals surface area contributed by atoms with E-state index in [1.54, 1.807) is 0 Å². The molecule has 1 N–H and O–H groups in total. The van der Waals surface area contributed by atoms with E-state index in [0.29, 0.717) is 0 Å². The highest BCUT2D eigenvalue weighted by atomic mass is 19.3. The standard InChI is InChI=1S/C13H12F5NO/c14-9-4-2-1-3-7(9)13(11(15)16)8-5-12(17,18)6-10(8)20-19-13/h1-4,8,10-11,19H,5-6H2/t8-,10+,13+/m0/s1. The van der Waals surface area contributed by atoms with Crippen LogP contribution in [0.4, 0.5) is 22.0 Å². The van der Waals surface area contributed by atoms with Crippen LogP contribution in [0, 0.1) is 11.7 Å². The van der Waals surface area contributed by atoms with Crippen LogP contribution in [-0.4, -0.2) is 18.5 Å². The van der Waals surface area contributed by atoms with Gasteiger partial charge < -0.3 is 0 Å². The Balaban J connectivity index is 2.09. The molecule has 0 spiro atoms. The van der Waals surface area contributed by atoms with Crippen molar-refractivity contribution in [3.63, 3.8) is 0 Å². The van der Waals surface area contributed by atoms with Crippen molar-refractivity contribution in [3.8, 4) is 0 Å². The van der Waals surface area contributed by atoms with Gasteiger partial charge in [0.25, 0.3) is 12.3 Å². The van der Waals surface area contributed by atoms with Crippen molar-refractivity contribution in [1.82, 2.24) is 5.48 Å². The normalized spacial score (nSPS) is 35.5. The summed E-state index contributed by atoms with van der Waals surface area (Å²) in [6.45, 7) is 0. The summed E-state index contributed by atoms with van der Waals surface area (Å²) in [7, 11) is 0. The molecule has 2 aliphatic rings. The van der Waals surface area contributed by atoms with Crippen LogP contribution in [0.1, 0.15) is 18.4 Å². The fraction of sp³-hybridized carbons (Fsp3) is 0.538. The summed E-state index contributed by atoms with van der Waals surface area (Å²) in [6, 6.07) is 4.96. The lowest BCUT2D eigenvalue weighted by Crippen LogP contribution is -2.49. The molecule has 1 aliphatic carbocycles. The number of halogens is 5. The first-order valence-electron chi connectivity index (χ1n) is 6.20. The molecule has 1 saturated heterocycles. The molecule has 20 heavy (non-hydrogen) atoms. The van der Waals surface area contributed by atoms with E-state index in [0.717, 1.165) is 6.07 Å². The molecule has 3 rings (SSSR count). The maximum Gasteiger partial charge on any atom is 0.263 e. The molecule has 1 heterocycles. The first kappa shape index (κ1) is 13.8. The second-order valence-corrected chi connectivity index (χ2v) is 5.28. The number of benzene rings is 1. The fourth-order valence-corrected chi connectivity index (χ4v) is 3.18. The zero-order valence-electron chi connectivity index (χ0n) is 10.3. The molecular weight excluding hydrogens is 281 g/mol. The minimum atomic E-state index is -3.07. The Morgan fingerprint density at radius 3 is 2.55 bits per heavy atom. The van der Waals surface area contributed by atoms with Gasteiger partial charge in [-0.3, -0.25) is 4.84 Å². The number of hydroxylamine groups is 1. The smallest absolute Gasteiger partial charge is 0.263 e. The van der Waals surface area contributed by atoms with Gasteiger partial charge in [0.15, 0.2) is 0 Å². The van der Waals surface area contributed by atoms with E-state index in [-0.39, 0.29) is 5.56 Å². The fourth-order valence-electron chi connectivity index (χ4n) is 3.18. The van der Waals surface area contributed by atoms with Gasteiger partial charge in [0.05, 0.1) is 6.10 Å². The van der Waals surface area contributed by atoms with E-state index >= 15 is 0 Å². The average molecular weight is 293 g/mol. The Kier molecular flexibility index (Phi) is 3.02. The van der Waals surface area contributed by atoms with Crippen LogP contribution in [0.2, 0.25) is 0 Å². The third kappa shape index (κ3) is 1.83. The highest BCUT2D eigenvalue weighted by Gasteiger charge is 2.65. The van der Waals surface area contributed by atoms with E-state index < -0.39 is 48.6 Å². The van der Waals surface area contributed by atoms with Gasteiger partial charge in [-0.25, -0.2) is 22.0 Å². The average Bonchev–Trinajstić information content (AvgIpc) is 2.83. The first-order chi connectivity index (χ1) is 9.37. The van der Waals surface area contributed by atoms with Gasteiger partial charge in [-0.2, -0.15) is 5.48 Å². The number of rotatable bonds is 2. The van der Waals surface area contributed by atoms with Crippen LogP contribution in [0.5, 0.6) is 0 Å². The second-order valence-electron chi connectivity index (χ2n) is 5.28. The zero-order chi connectivity index (χ0) is 14.5. The van der Waals surface area contributed by atoms with Crippen LogP contribution < -0.4 is 5.48 Å². The van der Waals surface area contributed by atoms with Crippen LogP contribution >= 0.6 is 0 Å². The third-order valence-corrected chi connectivity index (χ3v) is 4.09. The number of alkyl halides is 4. The molecule has 1 saturated carbocycles. The summed E-state index contributed by atoms with van der Waals surface area (Å²) in [5.41, 5.74) is -0.416. The van der Waals surface area contributed by atoms with E-state index in [9.17, 15) is 22.0 Å². The second kappa shape index (κ2) is 4.39. The molecule has 110 valence electrons. The number of fused-ring (bicyclic) bond motifs is 1. The highest BCUT2D eigenvalue weighted by molar-refractivity contribution is 5.30. The van der Waals surface area contributed by atoms with E-state index in [1.165, 1.54) is 18.2 Å². The van der Waals surface area contributed by atoms with Gasteiger partial charge in [0.1, 0.15) is 11.4 Å². The maximum absolute atomic E-state index is 13.9. The van der Waals surface area contributed by atoms with Crippen molar-refractivity contribution in [1.29, 1.82) is 0 Å². The first-order valence-corrected chi connectivity index (χ1v) is 6.20. The van der Waals surface area contributed by atoms with Gasteiger partial charge in [0, 0.05) is 24.3 Å². The summed E-state index contributed by atoms with van der Waals surface area (Å²) >= 11 is 0. The van der Waals surface area contributed by atoms with Crippen LogP contribution in [0.15, 0.2) is 24.3 Å². The molecule has 1 aromatic carbocycles. The third-order valence-electron chi connectivity index (χ3n) is 4.09. The van der Waals surface area contributed by atoms with E-state index in [1.807, 2.05) is 0 Å². The molecule has 0 aromatic heterocycles. The largest absolute Gasteiger partial charge is 0.297 e. The van der Waals surface area contributed by atoms with Crippen LogP contribution in [0.25, 0.3) is 0 Å². The Morgan fingerprint density at radius 1 is 1.20 bits per heavy atom. The molecule has 3 atom stereocenters. The van der Waals surface area contributed by atoms with Crippen molar-refractivity contribution >= 4 is 0 Å². The molecule has 0 unspecified atom stereocenters. The molecule has 7 heteroatoms. The lowest BCUT2D eigenvalue weighted by Gasteiger charge is -2.33. The predicted octanol–water partition coefficient (Wildman–Crippen LogP) is 3.23. The van der Waals surface area contributed by atoms with Crippen molar-refractivity contribution in [2.24, 2.45) is 5.92 Å². The molecular formula is C13H12F5NO. The summed E-state index contributed by atoms with van der Waals surface area (Å²) in [6.07, 6.45) is -5.49. The Hall–Kier alpha value is -1.21. The van der Waals surface area contributed by atoms with Crippen LogP contribution in [-0.2, 0) is 10.4 Å². The minimum absolute atomic E-state index is 0.333. The van der Waals surface area contributed by atoms with E-state index in [2.05, 4.69) is 5.48 Å². The van der Waals surface area contributed by atoms with Gasteiger partial charge >= 0.3 is 0 Å².